The van der Waals surface area contributed by atoms with E-state index < -0.39 is 4.92 Å². The lowest BCUT2D eigenvalue weighted by molar-refractivity contribution is -0.384. The summed E-state index contributed by atoms with van der Waals surface area (Å²) in [5.41, 5.74) is 5.87. The highest BCUT2D eigenvalue weighted by atomic mass is 19.1. The van der Waals surface area contributed by atoms with Crippen LogP contribution in [0.2, 0.25) is 0 Å². The molecule has 1 aliphatic carbocycles. The number of aromatic nitrogens is 2. The summed E-state index contributed by atoms with van der Waals surface area (Å²) in [6, 6.07) is 25.6. The minimum Gasteiger partial charge on any atom is -0.337 e. The highest BCUT2D eigenvalue weighted by Gasteiger charge is 2.29. The van der Waals surface area contributed by atoms with Gasteiger partial charge in [-0.2, -0.15) is 0 Å². The zero-order valence-electron chi connectivity index (χ0n) is 18.2. The molecule has 0 spiro atoms. The largest absolute Gasteiger partial charge is 0.337 e. The maximum Gasteiger partial charge on any atom is 0.270 e. The Balaban J connectivity index is 1.49. The standard InChI is InChI=1S/C28H16FN3O3/c29-19-9-6-17(7-10-19)28-30-25(16-4-2-1-3-5-16)26(31-28)18-8-12-21-22-13-11-20(32(34)35)15-24(22)27(33)23(21)14-18/h1-15H,(H,30,31). The number of halogens is 1. The van der Waals surface area contributed by atoms with Gasteiger partial charge in [0.15, 0.2) is 5.78 Å². The maximum absolute atomic E-state index is 13.5. The molecule has 0 saturated carbocycles. The molecule has 0 saturated heterocycles. The van der Waals surface area contributed by atoms with Crippen molar-refractivity contribution in [2.24, 2.45) is 0 Å². The highest BCUT2D eigenvalue weighted by Crippen LogP contribution is 2.41. The van der Waals surface area contributed by atoms with Gasteiger partial charge >= 0.3 is 0 Å². The van der Waals surface area contributed by atoms with Crippen molar-refractivity contribution in [3.05, 3.63) is 118 Å². The number of fused-ring (bicyclic) bond motifs is 3. The lowest BCUT2D eigenvalue weighted by Gasteiger charge is -2.06. The van der Waals surface area contributed by atoms with E-state index in [-0.39, 0.29) is 17.3 Å². The first-order valence-corrected chi connectivity index (χ1v) is 10.9. The lowest BCUT2D eigenvalue weighted by atomic mass is 9.99. The first kappa shape index (κ1) is 20.7. The number of carbonyl (C=O) groups excluding carboxylic acids is 1. The van der Waals surface area contributed by atoms with Crippen molar-refractivity contribution in [2.75, 3.05) is 0 Å². The fraction of sp³-hybridized carbons (Fsp3) is 0. The number of H-pyrrole nitrogens is 1. The summed E-state index contributed by atoms with van der Waals surface area (Å²) < 4.78 is 13.5. The number of nitro benzene ring substituents is 1. The van der Waals surface area contributed by atoms with Crippen LogP contribution in [-0.4, -0.2) is 20.7 Å². The molecule has 0 atom stereocenters. The van der Waals surface area contributed by atoms with Crippen LogP contribution in [0.1, 0.15) is 15.9 Å². The Labute approximate surface area is 198 Å². The molecule has 168 valence electrons. The van der Waals surface area contributed by atoms with Gasteiger partial charge < -0.3 is 4.98 Å². The Morgan fingerprint density at radius 2 is 1.40 bits per heavy atom. The number of benzene rings is 4. The fourth-order valence-corrected chi connectivity index (χ4v) is 4.47. The van der Waals surface area contributed by atoms with Gasteiger partial charge in [-0.1, -0.05) is 42.5 Å². The second-order valence-electron chi connectivity index (χ2n) is 8.26. The monoisotopic (exact) mass is 461 g/mol. The van der Waals surface area contributed by atoms with Crippen LogP contribution in [0.5, 0.6) is 0 Å². The predicted molar refractivity (Wildman–Crippen MR) is 130 cm³/mol. The number of non-ortho nitro benzene ring substituents is 1. The number of imidazole rings is 1. The minimum absolute atomic E-state index is 0.118. The van der Waals surface area contributed by atoms with E-state index >= 15 is 0 Å². The molecule has 1 aromatic heterocycles. The Kier molecular flexibility index (Phi) is 4.64. The molecule has 7 heteroatoms. The van der Waals surface area contributed by atoms with Gasteiger partial charge in [-0.05, 0) is 47.5 Å². The van der Waals surface area contributed by atoms with Gasteiger partial charge in [0, 0.05) is 39.9 Å². The normalized spacial score (nSPS) is 11.9. The summed E-state index contributed by atoms with van der Waals surface area (Å²) in [5.74, 6) is -0.0126. The molecule has 0 amide bonds. The van der Waals surface area contributed by atoms with Crippen LogP contribution in [0.3, 0.4) is 0 Å². The molecule has 0 radical (unpaired) electrons. The number of nitrogens with one attached hydrogen (secondary N) is 1. The van der Waals surface area contributed by atoms with Crippen LogP contribution in [0.4, 0.5) is 10.1 Å². The number of ketones is 1. The van der Waals surface area contributed by atoms with Gasteiger partial charge in [-0.25, -0.2) is 9.37 Å². The number of rotatable bonds is 4. The summed E-state index contributed by atoms with van der Waals surface area (Å²) >= 11 is 0. The first-order valence-electron chi connectivity index (χ1n) is 10.9. The molecule has 6 nitrogen and oxygen atoms in total. The number of hydrogen-bond acceptors (Lipinski definition) is 4. The summed E-state index contributed by atoms with van der Waals surface area (Å²) in [7, 11) is 0. The molecule has 35 heavy (non-hydrogen) atoms. The van der Waals surface area contributed by atoms with E-state index in [1.165, 1.54) is 24.3 Å². The van der Waals surface area contributed by atoms with Crippen LogP contribution in [0.25, 0.3) is 45.0 Å². The Morgan fingerprint density at radius 1 is 0.743 bits per heavy atom. The van der Waals surface area contributed by atoms with Crippen molar-refractivity contribution in [3.63, 3.8) is 0 Å². The SMILES string of the molecule is O=C1c2cc(-c3nc(-c4ccc(F)cc4)[nH]c3-c3ccccc3)ccc2-c2ccc([N+](=O)[O-])cc21. The smallest absolute Gasteiger partial charge is 0.270 e. The maximum atomic E-state index is 13.5. The quantitative estimate of drug-likeness (QED) is 0.235. The number of carbonyl (C=O) groups is 1. The van der Waals surface area contributed by atoms with Crippen molar-refractivity contribution < 1.29 is 14.1 Å². The van der Waals surface area contributed by atoms with Gasteiger partial charge in [0.2, 0.25) is 0 Å². The third-order valence-corrected chi connectivity index (χ3v) is 6.17. The second kappa shape index (κ2) is 7.85. The molecule has 1 aliphatic rings. The molecular weight excluding hydrogens is 445 g/mol. The van der Waals surface area contributed by atoms with E-state index in [0.717, 1.165) is 27.9 Å². The minimum atomic E-state index is -0.505. The van der Waals surface area contributed by atoms with Crippen molar-refractivity contribution in [1.82, 2.24) is 9.97 Å². The van der Waals surface area contributed by atoms with Crippen LogP contribution in [0, 0.1) is 15.9 Å². The Hall–Kier alpha value is -4.91. The highest BCUT2D eigenvalue weighted by molar-refractivity contribution is 6.22. The van der Waals surface area contributed by atoms with E-state index in [9.17, 15) is 19.3 Å². The Morgan fingerprint density at radius 3 is 2.11 bits per heavy atom. The number of nitrogens with zero attached hydrogens (tertiary/aromatic N) is 2. The van der Waals surface area contributed by atoms with Crippen LogP contribution in [-0.2, 0) is 0 Å². The predicted octanol–water partition coefficient (Wildman–Crippen LogP) is 6.67. The molecule has 0 unspecified atom stereocenters. The van der Waals surface area contributed by atoms with Crippen LogP contribution in [0.15, 0.2) is 91.0 Å². The summed E-state index contributed by atoms with van der Waals surface area (Å²) in [4.78, 5) is 32.0. The van der Waals surface area contributed by atoms with Crippen molar-refractivity contribution in [1.29, 1.82) is 0 Å². The van der Waals surface area contributed by atoms with Gasteiger partial charge in [0.25, 0.3) is 5.69 Å². The topological polar surface area (TPSA) is 88.9 Å². The van der Waals surface area contributed by atoms with E-state index in [0.29, 0.717) is 28.2 Å². The second-order valence-corrected chi connectivity index (χ2v) is 8.26. The zero-order chi connectivity index (χ0) is 24.1. The molecule has 0 fully saturated rings. The fourth-order valence-electron chi connectivity index (χ4n) is 4.47. The van der Waals surface area contributed by atoms with Crippen molar-refractivity contribution in [2.45, 2.75) is 0 Å². The molecule has 1 heterocycles. The molecular formula is C28H16FN3O3. The first-order chi connectivity index (χ1) is 17.0. The summed E-state index contributed by atoms with van der Waals surface area (Å²) in [6.07, 6.45) is 0. The zero-order valence-corrected chi connectivity index (χ0v) is 18.2. The van der Waals surface area contributed by atoms with Gasteiger partial charge in [-0.15, -0.1) is 0 Å². The van der Waals surface area contributed by atoms with Gasteiger partial charge in [0.05, 0.1) is 16.3 Å². The van der Waals surface area contributed by atoms with Crippen LogP contribution < -0.4 is 0 Å². The summed E-state index contributed by atoms with van der Waals surface area (Å²) in [6.45, 7) is 0. The number of aromatic amines is 1. The summed E-state index contributed by atoms with van der Waals surface area (Å²) in [5, 5.41) is 11.2. The van der Waals surface area contributed by atoms with E-state index in [1.807, 2.05) is 42.5 Å². The Bertz CT molecular complexity index is 1640. The molecule has 6 rings (SSSR count). The molecule has 0 bridgehead atoms. The third kappa shape index (κ3) is 3.41. The van der Waals surface area contributed by atoms with E-state index in [2.05, 4.69) is 4.98 Å². The molecule has 4 aromatic carbocycles. The lowest BCUT2D eigenvalue weighted by Crippen LogP contribution is -1.97. The van der Waals surface area contributed by atoms with Crippen LogP contribution >= 0.6 is 0 Å². The number of nitro groups is 1. The molecule has 5 aromatic rings. The van der Waals surface area contributed by atoms with E-state index in [4.69, 9.17) is 4.98 Å². The third-order valence-electron chi connectivity index (χ3n) is 6.17. The molecule has 0 aliphatic heterocycles. The molecule has 1 N–H and O–H groups in total. The van der Waals surface area contributed by atoms with Crippen molar-refractivity contribution >= 4 is 11.5 Å². The average Bonchev–Trinajstić information content (AvgIpc) is 3.45. The number of hydrogen-bond donors (Lipinski definition) is 1. The van der Waals surface area contributed by atoms with Gasteiger partial charge in [0.1, 0.15) is 11.6 Å². The van der Waals surface area contributed by atoms with Gasteiger partial charge in [-0.3, -0.25) is 14.9 Å². The average molecular weight is 461 g/mol. The van der Waals surface area contributed by atoms with E-state index in [1.54, 1.807) is 24.3 Å². The van der Waals surface area contributed by atoms with Crippen molar-refractivity contribution in [3.8, 4) is 45.0 Å².